The van der Waals surface area contributed by atoms with Crippen molar-refractivity contribution in [2.24, 2.45) is 0 Å². The Hall–Kier alpha value is -1.88. The maximum absolute atomic E-state index is 11.8. The summed E-state index contributed by atoms with van der Waals surface area (Å²) in [5.74, 6) is 0.421. The summed E-state index contributed by atoms with van der Waals surface area (Å²) in [6.45, 7) is 1.96. The van der Waals surface area contributed by atoms with E-state index in [0.29, 0.717) is 16.4 Å². The van der Waals surface area contributed by atoms with Gasteiger partial charge < -0.3 is 10.1 Å². The Kier molecular flexibility index (Phi) is 3.39. The van der Waals surface area contributed by atoms with Crippen LogP contribution in [0.15, 0.2) is 29.8 Å². The number of aryl methyl sites for hydroxylation is 1. The van der Waals surface area contributed by atoms with Crippen molar-refractivity contribution in [1.29, 1.82) is 0 Å². The van der Waals surface area contributed by atoms with Crippen LogP contribution < -0.4 is 10.1 Å². The molecule has 0 fully saturated rings. The third-order valence-electron chi connectivity index (χ3n) is 2.23. The van der Waals surface area contributed by atoms with E-state index in [4.69, 9.17) is 4.74 Å². The fourth-order valence-corrected chi connectivity index (χ4v) is 1.96. The monoisotopic (exact) mass is 248 g/mol. The molecule has 2 aromatic rings. The van der Waals surface area contributed by atoms with Crippen LogP contribution in [0.3, 0.4) is 0 Å². The molecule has 1 N–H and O–H groups in total. The summed E-state index contributed by atoms with van der Waals surface area (Å²) in [5, 5.41) is 4.99. The van der Waals surface area contributed by atoms with Crippen LogP contribution in [-0.2, 0) is 0 Å². The zero-order valence-corrected chi connectivity index (χ0v) is 10.4. The summed E-state index contributed by atoms with van der Waals surface area (Å²) < 4.78 is 5.19. The van der Waals surface area contributed by atoms with Gasteiger partial charge in [-0.3, -0.25) is 4.79 Å². The number of carbonyl (C=O) groups is 1. The lowest BCUT2D eigenvalue weighted by atomic mass is 10.2. The van der Waals surface area contributed by atoms with Crippen LogP contribution in [0, 0.1) is 6.92 Å². The first-order valence-corrected chi connectivity index (χ1v) is 5.94. The van der Waals surface area contributed by atoms with E-state index in [1.807, 2.05) is 25.1 Å². The lowest BCUT2D eigenvalue weighted by Gasteiger charge is -2.09. The van der Waals surface area contributed by atoms with Crippen molar-refractivity contribution >= 4 is 22.9 Å². The molecule has 0 saturated carbocycles. The smallest absolute Gasteiger partial charge is 0.284 e. The standard InChI is InChI=1S/C12H12N2O2S/c1-8-3-4-10(16-2)9(7-8)14-11(15)12-13-5-6-17-12/h3-7H,1-2H3,(H,14,15). The Balaban J connectivity index is 2.23. The van der Waals surface area contributed by atoms with Crippen molar-refractivity contribution in [3.05, 3.63) is 40.3 Å². The topological polar surface area (TPSA) is 51.2 Å². The molecule has 2 rings (SSSR count). The SMILES string of the molecule is COc1ccc(C)cc1NC(=O)c1nccs1. The number of anilines is 1. The highest BCUT2D eigenvalue weighted by atomic mass is 32.1. The van der Waals surface area contributed by atoms with Crippen LogP contribution in [0.5, 0.6) is 5.75 Å². The van der Waals surface area contributed by atoms with Gasteiger partial charge in [-0.1, -0.05) is 6.07 Å². The molecule has 1 amide bonds. The Bertz CT molecular complexity index is 523. The van der Waals surface area contributed by atoms with Crippen LogP contribution in [0.4, 0.5) is 5.69 Å². The lowest BCUT2D eigenvalue weighted by molar-refractivity contribution is 0.102. The summed E-state index contributed by atoms with van der Waals surface area (Å²) >= 11 is 1.30. The van der Waals surface area contributed by atoms with Crippen LogP contribution in [-0.4, -0.2) is 18.0 Å². The van der Waals surface area contributed by atoms with Gasteiger partial charge >= 0.3 is 0 Å². The van der Waals surface area contributed by atoms with E-state index in [0.717, 1.165) is 5.56 Å². The Morgan fingerprint density at radius 3 is 2.94 bits per heavy atom. The fourth-order valence-electron chi connectivity index (χ4n) is 1.43. The van der Waals surface area contributed by atoms with E-state index in [9.17, 15) is 4.79 Å². The zero-order valence-electron chi connectivity index (χ0n) is 9.56. The second-order valence-electron chi connectivity index (χ2n) is 3.50. The lowest BCUT2D eigenvalue weighted by Crippen LogP contribution is -2.12. The molecule has 88 valence electrons. The van der Waals surface area contributed by atoms with Crippen LogP contribution in [0.1, 0.15) is 15.4 Å². The zero-order chi connectivity index (χ0) is 12.3. The second kappa shape index (κ2) is 4.97. The van der Waals surface area contributed by atoms with Crippen molar-refractivity contribution < 1.29 is 9.53 Å². The number of hydrogen-bond acceptors (Lipinski definition) is 4. The maximum atomic E-state index is 11.8. The molecule has 1 heterocycles. The minimum absolute atomic E-state index is 0.219. The van der Waals surface area contributed by atoms with E-state index in [1.165, 1.54) is 11.3 Å². The number of rotatable bonds is 3. The number of thiazole rings is 1. The number of carbonyl (C=O) groups excluding carboxylic acids is 1. The Morgan fingerprint density at radius 1 is 1.47 bits per heavy atom. The fraction of sp³-hybridized carbons (Fsp3) is 0.167. The number of methoxy groups -OCH3 is 1. The van der Waals surface area contributed by atoms with Gasteiger partial charge in [0, 0.05) is 11.6 Å². The average molecular weight is 248 g/mol. The molecule has 17 heavy (non-hydrogen) atoms. The molecule has 0 aliphatic heterocycles. The number of amides is 1. The van der Waals surface area contributed by atoms with Gasteiger partial charge in [0.1, 0.15) is 5.75 Å². The summed E-state index contributed by atoms with van der Waals surface area (Å²) in [6, 6.07) is 5.62. The minimum Gasteiger partial charge on any atom is -0.495 e. The van der Waals surface area contributed by atoms with Gasteiger partial charge in [0.2, 0.25) is 0 Å². The molecule has 0 aliphatic carbocycles. The number of benzene rings is 1. The molecule has 0 radical (unpaired) electrons. The van der Waals surface area contributed by atoms with Gasteiger partial charge in [0.25, 0.3) is 5.91 Å². The third kappa shape index (κ3) is 2.62. The molecule has 5 heteroatoms. The molecule has 0 saturated heterocycles. The van der Waals surface area contributed by atoms with E-state index in [1.54, 1.807) is 18.7 Å². The van der Waals surface area contributed by atoms with Crippen molar-refractivity contribution in [3.8, 4) is 5.75 Å². The normalized spacial score (nSPS) is 10.0. The third-order valence-corrected chi connectivity index (χ3v) is 3.00. The molecule has 0 spiro atoms. The first kappa shape index (κ1) is 11.6. The van der Waals surface area contributed by atoms with E-state index >= 15 is 0 Å². The predicted molar refractivity (Wildman–Crippen MR) is 67.8 cm³/mol. The second-order valence-corrected chi connectivity index (χ2v) is 4.39. The predicted octanol–water partition coefficient (Wildman–Crippen LogP) is 2.71. The van der Waals surface area contributed by atoms with E-state index < -0.39 is 0 Å². The number of nitrogens with zero attached hydrogens (tertiary/aromatic N) is 1. The van der Waals surface area contributed by atoms with Gasteiger partial charge in [-0.25, -0.2) is 4.98 Å². The first-order chi connectivity index (χ1) is 8.20. The summed E-state index contributed by atoms with van der Waals surface area (Å²) in [5.41, 5.74) is 1.72. The summed E-state index contributed by atoms with van der Waals surface area (Å²) in [6.07, 6.45) is 1.60. The molecule has 0 unspecified atom stereocenters. The number of hydrogen-bond donors (Lipinski definition) is 1. The minimum atomic E-state index is -0.219. The van der Waals surface area contributed by atoms with E-state index in [2.05, 4.69) is 10.3 Å². The van der Waals surface area contributed by atoms with Gasteiger partial charge in [0.05, 0.1) is 12.8 Å². The number of aromatic nitrogens is 1. The highest BCUT2D eigenvalue weighted by molar-refractivity contribution is 7.11. The molecule has 1 aromatic carbocycles. The van der Waals surface area contributed by atoms with Gasteiger partial charge in [-0.2, -0.15) is 0 Å². The Labute approximate surface area is 103 Å². The Morgan fingerprint density at radius 2 is 2.29 bits per heavy atom. The molecule has 4 nitrogen and oxygen atoms in total. The molecular weight excluding hydrogens is 236 g/mol. The first-order valence-electron chi connectivity index (χ1n) is 5.06. The summed E-state index contributed by atoms with van der Waals surface area (Å²) in [7, 11) is 1.57. The van der Waals surface area contributed by atoms with Crippen molar-refractivity contribution in [2.75, 3.05) is 12.4 Å². The largest absolute Gasteiger partial charge is 0.495 e. The van der Waals surface area contributed by atoms with E-state index in [-0.39, 0.29) is 5.91 Å². The average Bonchev–Trinajstić information content (AvgIpc) is 2.83. The van der Waals surface area contributed by atoms with Crippen LogP contribution in [0.25, 0.3) is 0 Å². The maximum Gasteiger partial charge on any atom is 0.284 e. The molecule has 0 atom stereocenters. The van der Waals surface area contributed by atoms with Crippen molar-refractivity contribution in [2.45, 2.75) is 6.92 Å². The molecular formula is C12H12N2O2S. The van der Waals surface area contributed by atoms with Gasteiger partial charge in [-0.05, 0) is 24.6 Å². The number of ether oxygens (including phenoxy) is 1. The van der Waals surface area contributed by atoms with Gasteiger partial charge in [0.15, 0.2) is 5.01 Å². The summed E-state index contributed by atoms with van der Waals surface area (Å²) in [4.78, 5) is 15.8. The highest BCUT2D eigenvalue weighted by Crippen LogP contribution is 2.25. The highest BCUT2D eigenvalue weighted by Gasteiger charge is 2.11. The van der Waals surface area contributed by atoms with Crippen LogP contribution in [0.2, 0.25) is 0 Å². The quantitative estimate of drug-likeness (QED) is 0.908. The number of nitrogens with one attached hydrogen (secondary N) is 1. The van der Waals surface area contributed by atoms with Crippen molar-refractivity contribution in [1.82, 2.24) is 4.98 Å². The molecule has 0 aliphatic rings. The van der Waals surface area contributed by atoms with Crippen LogP contribution >= 0.6 is 11.3 Å². The van der Waals surface area contributed by atoms with Gasteiger partial charge in [-0.15, -0.1) is 11.3 Å². The van der Waals surface area contributed by atoms with Crippen molar-refractivity contribution in [3.63, 3.8) is 0 Å². The molecule has 0 bridgehead atoms. The molecule has 1 aromatic heterocycles.